The molecule has 0 atom stereocenters. The van der Waals surface area contributed by atoms with Crippen molar-refractivity contribution in [2.24, 2.45) is 0 Å². The van der Waals surface area contributed by atoms with Crippen LogP contribution in [0, 0.1) is 0 Å². The van der Waals surface area contributed by atoms with Gasteiger partial charge in [-0.25, -0.2) is 0 Å². The quantitative estimate of drug-likeness (QED) is 0.595. The molecule has 0 heterocycles. The monoisotopic (exact) mass is 234 g/mol. The molecule has 3 nitrogen and oxygen atoms in total. The van der Waals surface area contributed by atoms with E-state index >= 15 is 0 Å². The summed E-state index contributed by atoms with van der Waals surface area (Å²) >= 11 is 0. The maximum atomic E-state index is 10.8. The van der Waals surface area contributed by atoms with Crippen LogP contribution >= 0.6 is 0 Å². The number of hydrogen-bond donors (Lipinski definition) is 1. The summed E-state index contributed by atoms with van der Waals surface area (Å²) in [4.78, 5) is -0.0730. The van der Waals surface area contributed by atoms with E-state index in [1.165, 1.54) is 12.1 Å². The van der Waals surface area contributed by atoms with Crippen molar-refractivity contribution in [2.75, 3.05) is 0 Å². The first kappa shape index (κ1) is 12.4. The van der Waals surface area contributed by atoms with Crippen molar-refractivity contribution in [1.82, 2.24) is 0 Å². The van der Waals surface area contributed by atoms with Crippen molar-refractivity contribution < 1.29 is 13.0 Å². The molecule has 0 spiro atoms. The van der Waals surface area contributed by atoms with Crippen LogP contribution in [0.5, 0.6) is 0 Å². The van der Waals surface area contributed by atoms with E-state index < -0.39 is 10.1 Å². The van der Waals surface area contributed by atoms with Gasteiger partial charge in [-0.15, -0.1) is 0 Å². The Morgan fingerprint density at radius 3 is 2.13 bits per heavy atom. The van der Waals surface area contributed by atoms with E-state index in [1.807, 2.05) is 18.2 Å². The van der Waals surface area contributed by atoms with Crippen molar-refractivity contribution in [2.45, 2.75) is 4.90 Å². The molecule has 0 radical (unpaired) electrons. The standard InChI is InChI=1S/C10H8O3S.Mg.2H/c11-14(12,13)10-6-5-8-3-1-2-4-9(8)7-10;;;/h1-7H,(H,11,12,13);;;. The third kappa shape index (κ3) is 2.69. The lowest BCUT2D eigenvalue weighted by molar-refractivity contribution is 0.483. The molecule has 15 heavy (non-hydrogen) atoms. The van der Waals surface area contributed by atoms with Crippen LogP contribution in [-0.4, -0.2) is 36.0 Å². The lowest BCUT2D eigenvalue weighted by Gasteiger charge is -1.99. The van der Waals surface area contributed by atoms with Gasteiger partial charge in [0.15, 0.2) is 0 Å². The summed E-state index contributed by atoms with van der Waals surface area (Å²) in [5.74, 6) is 0. The fraction of sp³-hybridized carbons (Fsp3) is 0. The van der Waals surface area contributed by atoms with E-state index in [9.17, 15) is 8.42 Å². The second-order valence-electron chi connectivity index (χ2n) is 2.98. The molecule has 0 aliphatic heterocycles. The smallest absolute Gasteiger partial charge is 0.282 e. The van der Waals surface area contributed by atoms with Crippen molar-refractivity contribution in [3.63, 3.8) is 0 Å². The molecule has 0 fully saturated rings. The molecule has 0 aliphatic rings. The largest absolute Gasteiger partial charge is 0.316 e. The fourth-order valence-corrected chi connectivity index (χ4v) is 1.84. The van der Waals surface area contributed by atoms with Crippen LogP contribution in [0.2, 0.25) is 0 Å². The highest BCUT2D eigenvalue weighted by molar-refractivity contribution is 7.85. The van der Waals surface area contributed by atoms with Crippen LogP contribution in [-0.2, 0) is 10.1 Å². The van der Waals surface area contributed by atoms with Gasteiger partial charge in [0.1, 0.15) is 0 Å². The number of hydrogen-bond acceptors (Lipinski definition) is 2. The molecule has 2 aromatic carbocycles. The van der Waals surface area contributed by atoms with Gasteiger partial charge in [0.25, 0.3) is 10.1 Å². The number of fused-ring (bicyclic) bond motifs is 1. The van der Waals surface area contributed by atoms with E-state index in [1.54, 1.807) is 12.1 Å². The van der Waals surface area contributed by atoms with Gasteiger partial charge in [-0.2, -0.15) is 8.42 Å². The van der Waals surface area contributed by atoms with Crippen molar-refractivity contribution in [1.29, 1.82) is 0 Å². The zero-order valence-electron chi connectivity index (χ0n) is 7.21. The molecular weight excluding hydrogens is 224 g/mol. The van der Waals surface area contributed by atoms with Gasteiger partial charge in [0, 0.05) is 0 Å². The third-order valence-electron chi connectivity index (χ3n) is 2.02. The van der Waals surface area contributed by atoms with E-state index in [4.69, 9.17) is 4.55 Å². The van der Waals surface area contributed by atoms with Crippen LogP contribution in [0.3, 0.4) is 0 Å². The second-order valence-corrected chi connectivity index (χ2v) is 4.41. The molecule has 0 bridgehead atoms. The molecule has 2 aromatic rings. The van der Waals surface area contributed by atoms with E-state index in [0.29, 0.717) is 0 Å². The highest BCUT2D eigenvalue weighted by atomic mass is 32.2. The Morgan fingerprint density at radius 2 is 1.53 bits per heavy atom. The zero-order valence-corrected chi connectivity index (χ0v) is 8.03. The molecule has 0 saturated heterocycles. The Kier molecular flexibility index (Phi) is 3.72. The summed E-state index contributed by atoms with van der Waals surface area (Å²) < 4.78 is 30.5. The topological polar surface area (TPSA) is 54.4 Å². The lowest BCUT2D eigenvalue weighted by Crippen LogP contribution is -1.97. The Hall–Kier alpha value is -0.624. The summed E-state index contributed by atoms with van der Waals surface area (Å²) in [5.41, 5.74) is 0. The Labute approximate surface area is 104 Å². The van der Waals surface area contributed by atoms with Crippen LogP contribution in [0.1, 0.15) is 0 Å². The van der Waals surface area contributed by atoms with Gasteiger partial charge in [0.2, 0.25) is 0 Å². The highest BCUT2D eigenvalue weighted by Gasteiger charge is 2.08. The van der Waals surface area contributed by atoms with E-state index in [-0.39, 0.29) is 27.9 Å². The maximum absolute atomic E-state index is 10.8. The van der Waals surface area contributed by atoms with E-state index in [2.05, 4.69) is 0 Å². The molecule has 2 rings (SSSR count). The van der Waals surface area contributed by atoms with Crippen molar-refractivity contribution >= 4 is 43.9 Å². The molecule has 5 heteroatoms. The minimum Gasteiger partial charge on any atom is -0.282 e. The van der Waals surface area contributed by atoms with Gasteiger partial charge >= 0.3 is 23.1 Å². The third-order valence-corrected chi connectivity index (χ3v) is 2.87. The van der Waals surface area contributed by atoms with Crippen LogP contribution in [0.15, 0.2) is 47.4 Å². The summed E-state index contributed by atoms with van der Waals surface area (Å²) in [6.07, 6.45) is 0. The zero-order chi connectivity index (χ0) is 10.2. The first-order valence-corrected chi connectivity index (χ1v) is 5.48. The second kappa shape index (κ2) is 4.48. The van der Waals surface area contributed by atoms with Crippen LogP contribution in [0.25, 0.3) is 10.8 Å². The normalized spacial score (nSPS) is 11.0. The first-order chi connectivity index (χ1) is 6.57. The first-order valence-electron chi connectivity index (χ1n) is 4.04. The Bertz CT molecular complexity index is 578. The molecule has 76 valence electrons. The average molecular weight is 235 g/mol. The van der Waals surface area contributed by atoms with E-state index in [0.717, 1.165) is 10.8 Å². The summed E-state index contributed by atoms with van der Waals surface area (Å²) in [5, 5.41) is 1.74. The van der Waals surface area contributed by atoms with Gasteiger partial charge in [-0.1, -0.05) is 30.3 Å². The predicted molar refractivity (Wildman–Crippen MR) is 62.3 cm³/mol. The van der Waals surface area contributed by atoms with Gasteiger partial charge in [-0.05, 0) is 22.9 Å². The minimum atomic E-state index is -4.09. The summed E-state index contributed by atoms with van der Waals surface area (Å²) in [6.45, 7) is 0. The predicted octanol–water partition coefficient (Wildman–Crippen LogP) is 1.17. The molecule has 0 unspecified atom stereocenters. The number of rotatable bonds is 1. The highest BCUT2D eigenvalue weighted by Crippen LogP contribution is 2.18. The fourth-order valence-electron chi connectivity index (χ4n) is 1.33. The van der Waals surface area contributed by atoms with Gasteiger partial charge in [-0.3, -0.25) is 4.55 Å². The summed E-state index contributed by atoms with van der Waals surface area (Å²) in [7, 11) is -4.09. The van der Waals surface area contributed by atoms with Crippen LogP contribution < -0.4 is 0 Å². The average Bonchev–Trinajstić information content (AvgIpc) is 2.16. The maximum Gasteiger partial charge on any atom is 0.316 e. The molecule has 0 aliphatic carbocycles. The molecule has 0 saturated carbocycles. The summed E-state index contributed by atoms with van der Waals surface area (Å²) in [6, 6.07) is 11.9. The molecular formula is C10H10MgO3S. The molecule has 0 amide bonds. The van der Waals surface area contributed by atoms with Crippen LogP contribution in [0.4, 0.5) is 0 Å². The van der Waals surface area contributed by atoms with Crippen molar-refractivity contribution in [3.8, 4) is 0 Å². The minimum absolute atomic E-state index is 0. The van der Waals surface area contributed by atoms with Crippen molar-refractivity contribution in [3.05, 3.63) is 42.5 Å². The Balaban J connectivity index is 0.00000112. The lowest BCUT2D eigenvalue weighted by atomic mass is 10.1. The SMILES string of the molecule is O=S(=O)(O)c1ccc2ccccc2c1.[MgH2]. The van der Waals surface area contributed by atoms with Gasteiger partial charge < -0.3 is 0 Å². The van der Waals surface area contributed by atoms with Gasteiger partial charge in [0.05, 0.1) is 4.90 Å². The number of benzene rings is 2. The molecule has 0 aromatic heterocycles. The Morgan fingerprint density at radius 1 is 0.933 bits per heavy atom. The molecule has 1 N–H and O–H groups in total.